The summed E-state index contributed by atoms with van der Waals surface area (Å²) in [7, 11) is -7.18. The molecule has 0 amide bonds. The second-order valence-electron chi connectivity index (χ2n) is 5.58. The fourth-order valence-corrected chi connectivity index (χ4v) is 8.18. The standard InChI is InChI=1S/C11H23N3O4S3/c1-20(15,16)11-9-19-6-5-14(11)21(17,18)13-4-2-3-10(7-12)8-13/h10-11H,2-9,12H2,1H3. The van der Waals surface area contributed by atoms with E-state index in [1.165, 1.54) is 16.1 Å². The predicted octanol–water partition coefficient (Wildman–Crippen LogP) is -0.679. The van der Waals surface area contributed by atoms with Gasteiger partial charge in [0, 0.05) is 37.4 Å². The highest BCUT2D eigenvalue weighted by Gasteiger charge is 2.42. The number of thioether (sulfide) groups is 1. The highest BCUT2D eigenvalue weighted by Crippen LogP contribution is 2.27. The smallest absolute Gasteiger partial charge is 0.283 e. The van der Waals surface area contributed by atoms with E-state index in [4.69, 9.17) is 5.73 Å². The number of sulfone groups is 1. The summed E-state index contributed by atoms with van der Waals surface area (Å²) in [4.78, 5) is 0. The summed E-state index contributed by atoms with van der Waals surface area (Å²) in [6, 6.07) is 0. The van der Waals surface area contributed by atoms with Crippen molar-refractivity contribution in [3.8, 4) is 0 Å². The van der Waals surface area contributed by atoms with Gasteiger partial charge in [0.25, 0.3) is 10.2 Å². The van der Waals surface area contributed by atoms with Crippen molar-refractivity contribution in [3.63, 3.8) is 0 Å². The molecule has 2 atom stereocenters. The molecule has 0 aliphatic carbocycles. The Morgan fingerprint density at radius 2 is 1.95 bits per heavy atom. The maximum atomic E-state index is 12.8. The zero-order valence-corrected chi connectivity index (χ0v) is 14.6. The van der Waals surface area contributed by atoms with Gasteiger partial charge in [0.2, 0.25) is 0 Å². The number of hydrogen-bond acceptors (Lipinski definition) is 6. The van der Waals surface area contributed by atoms with Crippen molar-refractivity contribution >= 4 is 31.8 Å². The van der Waals surface area contributed by atoms with Crippen molar-refractivity contribution in [1.29, 1.82) is 0 Å². The summed E-state index contributed by atoms with van der Waals surface area (Å²) in [5, 5.41) is -0.959. The highest BCUT2D eigenvalue weighted by molar-refractivity contribution is 8.01. The van der Waals surface area contributed by atoms with Gasteiger partial charge in [-0.2, -0.15) is 28.8 Å². The summed E-state index contributed by atoms with van der Waals surface area (Å²) in [5.41, 5.74) is 5.65. The van der Waals surface area contributed by atoms with Crippen LogP contribution in [0.25, 0.3) is 0 Å². The van der Waals surface area contributed by atoms with Gasteiger partial charge in [0.1, 0.15) is 5.37 Å². The van der Waals surface area contributed by atoms with Crippen LogP contribution in [0.5, 0.6) is 0 Å². The van der Waals surface area contributed by atoms with Crippen molar-refractivity contribution in [2.24, 2.45) is 11.7 Å². The minimum atomic E-state index is -3.74. The lowest BCUT2D eigenvalue weighted by Gasteiger charge is -2.39. The maximum absolute atomic E-state index is 12.8. The van der Waals surface area contributed by atoms with Gasteiger partial charge >= 0.3 is 0 Å². The first-order valence-corrected chi connectivity index (χ1v) is 11.5. The second-order valence-corrected chi connectivity index (χ2v) is 10.8. The lowest BCUT2D eigenvalue weighted by atomic mass is 10.0. The number of piperidine rings is 1. The molecule has 0 aromatic heterocycles. The van der Waals surface area contributed by atoms with Gasteiger partial charge in [-0.05, 0) is 25.3 Å². The van der Waals surface area contributed by atoms with Crippen molar-refractivity contribution < 1.29 is 16.8 Å². The maximum Gasteiger partial charge on any atom is 0.283 e. The van der Waals surface area contributed by atoms with Gasteiger partial charge in [0.05, 0.1) is 0 Å². The molecule has 2 aliphatic rings. The fourth-order valence-electron chi connectivity index (χ4n) is 2.74. The SMILES string of the molecule is CS(=O)(=O)C1CSCCN1S(=O)(=O)N1CCCC(CN)C1. The molecule has 0 spiro atoms. The Hall–Kier alpha value is 0.130. The van der Waals surface area contributed by atoms with Gasteiger partial charge in [-0.25, -0.2) is 8.42 Å². The monoisotopic (exact) mass is 357 g/mol. The van der Waals surface area contributed by atoms with Crippen LogP contribution >= 0.6 is 11.8 Å². The van der Waals surface area contributed by atoms with Crippen LogP contribution in [0.2, 0.25) is 0 Å². The predicted molar refractivity (Wildman–Crippen MR) is 84.9 cm³/mol. The fraction of sp³-hybridized carbons (Fsp3) is 1.00. The van der Waals surface area contributed by atoms with Gasteiger partial charge in [-0.1, -0.05) is 0 Å². The molecule has 2 unspecified atom stereocenters. The van der Waals surface area contributed by atoms with Gasteiger partial charge < -0.3 is 5.73 Å². The number of nitrogens with zero attached hydrogens (tertiary/aromatic N) is 2. The van der Waals surface area contributed by atoms with Gasteiger partial charge in [-0.3, -0.25) is 0 Å². The van der Waals surface area contributed by atoms with Crippen LogP contribution in [-0.4, -0.2) is 74.8 Å². The minimum absolute atomic E-state index is 0.157. The molecule has 2 aliphatic heterocycles. The van der Waals surface area contributed by atoms with E-state index in [1.807, 2.05) is 0 Å². The first-order valence-electron chi connectivity index (χ1n) is 7.00. The molecule has 124 valence electrons. The van der Waals surface area contributed by atoms with E-state index in [9.17, 15) is 16.8 Å². The Labute approximate surface area is 131 Å². The molecule has 2 fully saturated rings. The third-order valence-electron chi connectivity index (χ3n) is 3.97. The van der Waals surface area contributed by atoms with Crippen molar-refractivity contribution in [2.75, 3.05) is 43.9 Å². The Kier molecular flexibility index (Phi) is 5.59. The normalized spacial score (nSPS) is 30.4. The first-order chi connectivity index (χ1) is 9.76. The van der Waals surface area contributed by atoms with Crippen LogP contribution in [-0.2, 0) is 20.0 Å². The Morgan fingerprint density at radius 1 is 1.24 bits per heavy atom. The Morgan fingerprint density at radius 3 is 2.57 bits per heavy atom. The van der Waals surface area contributed by atoms with E-state index in [2.05, 4.69) is 0 Å². The van der Waals surface area contributed by atoms with Gasteiger partial charge in [-0.15, -0.1) is 0 Å². The van der Waals surface area contributed by atoms with E-state index < -0.39 is 25.4 Å². The number of nitrogens with two attached hydrogens (primary N) is 1. The molecule has 10 heteroatoms. The minimum Gasteiger partial charge on any atom is -0.330 e. The lowest BCUT2D eigenvalue weighted by Crippen LogP contribution is -2.56. The lowest BCUT2D eigenvalue weighted by molar-refractivity contribution is 0.249. The van der Waals surface area contributed by atoms with Crippen LogP contribution in [0.1, 0.15) is 12.8 Å². The molecule has 0 aromatic carbocycles. The average molecular weight is 358 g/mol. The van der Waals surface area contributed by atoms with Crippen molar-refractivity contribution in [1.82, 2.24) is 8.61 Å². The molecule has 0 aromatic rings. The largest absolute Gasteiger partial charge is 0.330 e. The summed E-state index contributed by atoms with van der Waals surface area (Å²) in [6.45, 7) is 1.53. The van der Waals surface area contributed by atoms with E-state index in [-0.39, 0.29) is 12.5 Å². The van der Waals surface area contributed by atoms with E-state index >= 15 is 0 Å². The molecular weight excluding hydrogens is 334 g/mol. The molecule has 2 N–H and O–H groups in total. The molecule has 21 heavy (non-hydrogen) atoms. The summed E-state index contributed by atoms with van der Waals surface area (Å²) in [5.74, 6) is 1.08. The number of hydrogen-bond donors (Lipinski definition) is 1. The third kappa shape index (κ3) is 3.91. The zero-order chi connectivity index (χ0) is 15.7. The van der Waals surface area contributed by atoms with Gasteiger partial charge in [0.15, 0.2) is 9.84 Å². The van der Waals surface area contributed by atoms with E-state index in [0.29, 0.717) is 31.1 Å². The van der Waals surface area contributed by atoms with Crippen LogP contribution in [0.15, 0.2) is 0 Å². The number of rotatable bonds is 4. The third-order valence-corrected chi connectivity index (χ3v) is 8.76. The summed E-state index contributed by atoms with van der Waals surface area (Å²) in [6.07, 6.45) is 2.80. The first kappa shape index (κ1) is 17.5. The zero-order valence-electron chi connectivity index (χ0n) is 12.1. The Balaban J connectivity index is 2.24. The molecular formula is C11H23N3O4S3. The molecule has 7 nitrogen and oxygen atoms in total. The average Bonchev–Trinajstić information content (AvgIpc) is 2.46. The topological polar surface area (TPSA) is 101 Å². The molecule has 0 saturated carbocycles. The van der Waals surface area contributed by atoms with Crippen LogP contribution in [0.4, 0.5) is 0 Å². The van der Waals surface area contributed by atoms with Crippen LogP contribution in [0, 0.1) is 5.92 Å². The van der Waals surface area contributed by atoms with E-state index in [1.54, 1.807) is 0 Å². The second kappa shape index (κ2) is 6.71. The Bertz CT molecular complexity index is 563. The van der Waals surface area contributed by atoms with Crippen molar-refractivity contribution in [3.05, 3.63) is 0 Å². The summed E-state index contributed by atoms with van der Waals surface area (Å²) >= 11 is 1.48. The summed E-state index contributed by atoms with van der Waals surface area (Å²) < 4.78 is 51.9. The van der Waals surface area contributed by atoms with Crippen LogP contribution in [0.3, 0.4) is 0 Å². The van der Waals surface area contributed by atoms with Crippen molar-refractivity contribution in [2.45, 2.75) is 18.2 Å². The van der Waals surface area contributed by atoms with E-state index in [0.717, 1.165) is 23.4 Å². The van der Waals surface area contributed by atoms with Crippen LogP contribution < -0.4 is 5.73 Å². The molecule has 2 saturated heterocycles. The quantitative estimate of drug-likeness (QED) is 0.715. The molecule has 2 rings (SSSR count). The molecule has 0 radical (unpaired) electrons. The molecule has 2 heterocycles. The molecule has 0 bridgehead atoms. The highest BCUT2D eigenvalue weighted by atomic mass is 32.2.